The summed E-state index contributed by atoms with van der Waals surface area (Å²) >= 11 is 12.4. The molecule has 2 N–H and O–H groups in total. The number of hydrogen-bond donors (Lipinski definition) is 2. The van der Waals surface area contributed by atoms with Crippen molar-refractivity contribution in [1.82, 2.24) is 19.8 Å². The van der Waals surface area contributed by atoms with Crippen molar-refractivity contribution < 1.29 is 0 Å². The van der Waals surface area contributed by atoms with Gasteiger partial charge in [0.25, 0.3) is 5.56 Å². The quantitative estimate of drug-likeness (QED) is 0.255. The van der Waals surface area contributed by atoms with Gasteiger partial charge in [0.2, 0.25) is 0 Å². The van der Waals surface area contributed by atoms with Crippen LogP contribution in [-0.2, 0) is 6.42 Å². The Hall–Kier alpha value is -2.61. The number of benzene rings is 2. The number of fused-ring (bicyclic) bond motifs is 1. The van der Waals surface area contributed by atoms with Gasteiger partial charge in [0.1, 0.15) is 0 Å². The molecule has 3 aromatic rings. The van der Waals surface area contributed by atoms with Gasteiger partial charge in [0.05, 0.1) is 23.3 Å². The van der Waals surface area contributed by atoms with Crippen LogP contribution in [0.4, 0.5) is 5.69 Å². The first-order chi connectivity index (χ1) is 19.5. The number of halogens is 2. The van der Waals surface area contributed by atoms with Gasteiger partial charge in [0.15, 0.2) is 5.96 Å². The molecule has 0 amide bonds. The van der Waals surface area contributed by atoms with Gasteiger partial charge in [-0.25, -0.2) is 9.98 Å². The largest absolute Gasteiger partial charge is 0.340 e. The molecule has 2 fully saturated rings. The summed E-state index contributed by atoms with van der Waals surface area (Å²) < 4.78 is 1.68. The van der Waals surface area contributed by atoms with Crippen molar-refractivity contribution in [3.05, 3.63) is 68.7 Å². The van der Waals surface area contributed by atoms with Gasteiger partial charge in [0, 0.05) is 48.0 Å². The van der Waals surface area contributed by atoms with Crippen LogP contribution >= 0.6 is 23.2 Å². The average Bonchev–Trinajstić information content (AvgIpc) is 2.93. The Morgan fingerprint density at radius 2 is 1.93 bits per heavy atom. The minimum absolute atomic E-state index is 0.0669. The average molecular weight is 598 g/mol. The molecule has 220 valence electrons. The Balaban J connectivity index is 1.39. The van der Waals surface area contributed by atoms with Gasteiger partial charge < -0.3 is 15.5 Å². The number of piperazine rings is 1. The number of guanidine groups is 1. The first-order valence-electron chi connectivity index (χ1n) is 14.8. The number of rotatable bonds is 5. The maximum atomic E-state index is 13.5. The van der Waals surface area contributed by atoms with Gasteiger partial charge in [-0.2, -0.15) is 0 Å². The summed E-state index contributed by atoms with van der Waals surface area (Å²) in [6.07, 6.45) is 4.50. The number of aliphatic imine (C=N–C) groups is 1. The topological polar surface area (TPSA) is 74.6 Å². The van der Waals surface area contributed by atoms with Crippen molar-refractivity contribution >= 4 is 45.8 Å². The smallest absolute Gasteiger partial charge is 0.261 e. The molecule has 9 heteroatoms. The van der Waals surface area contributed by atoms with Crippen LogP contribution in [0, 0.1) is 17.3 Å². The first-order valence-corrected chi connectivity index (χ1v) is 15.5. The minimum atomic E-state index is -0.118. The second kappa shape index (κ2) is 12.3. The molecule has 0 radical (unpaired) electrons. The normalized spacial score (nSPS) is 23.9. The van der Waals surface area contributed by atoms with E-state index in [1.807, 2.05) is 37.3 Å². The van der Waals surface area contributed by atoms with Crippen LogP contribution in [0.1, 0.15) is 59.1 Å². The Kier molecular flexibility index (Phi) is 8.98. The molecule has 1 aromatic heterocycles. The molecule has 4 atom stereocenters. The second-order valence-corrected chi connectivity index (χ2v) is 13.5. The molecule has 1 unspecified atom stereocenters. The Morgan fingerprint density at radius 1 is 1.17 bits per heavy atom. The lowest BCUT2D eigenvalue weighted by Crippen LogP contribution is -2.49. The highest BCUT2D eigenvalue weighted by Crippen LogP contribution is 2.44. The molecular weight excluding hydrogens is 555 g/mol. The second-order valence-electron chi connectivity index (χ2n) is 12.7. The lowest BCUT2D eigenvalue weighted by atomic mass is 9.64. The summed E-state index contributed by atoms with van der Waals surface area (Å²) in [5.74, 6) is 2.04. The van der Waals surface area contributed by atoms with Crippen LogP contribution in [0.5, 0.6) is 0 Å². The molecular formula is C32H42Cl2N6O. The highest BCUT2D eigenvalue weighted by Gasteiger charge is 2.38. The van der Waals surface area contributed by atoms with Gasteiger partial charge >= 0.3 is 0 Å². The van der Waals surface area contributed by atoms with E-state index in [1.54, 1.807) is 17.0 Å². The lowest BCUT2D eigenvalue weighted by Gasteiger charge is -2.43. The fraction of sp³-hybridized carbons (Fsp3) is 0.531. The van der Waals surface area contributed by atoms with Gasteiger partial charge in [-0.05, 0) is 79.3 Å². The maximum absolute atomic E-state index is 13.5. The van der Waals surface area contributed by atoms with Crippen LogP contribution in [0.15, 0.2) is 52.5 Å². The Bertz CT molecular complexity index is 1480. The maximum Gasteiger partial charge on any atom is 0.261 e. The third-order valence-electron chi connectivity index (χ3n) is 9.18. The first kappa shape index (κ1) is 29.9. The third-order valence-corrected chi connectivity index (χ3v) is 9.77. The van der Waals surface area contributed by atoms with Gasteiger partial charge in [-0.1, -0.05) is 57.0 Å². The summed E-state index contributed by atoms with van der Waals surface area (Å²) in [5.41, 5.74) is 2.76. The van der Waals surface area contributed by atoms with Crippen molar-refractivity contribution in [2.45, 2.75) is 66.0 Å². The summed E-state index contributed by atoms with van der Waals surface area (Å²) in [7, 11) is 0. The fourth-order valence-corrected chi connectivity index (χ4v) is 6.73. The molecule has 2 heterocycles. The summed E-state index contributed by atoms with van der Waals surface area (Å²) in [6.45, 7) is 15.1. The molecule has 1 saturated heterocycles. The van der Waals surface area contributed by atoms with Crippen molar-refractivity contribution in [1.29, 1.82) is 0 Å². The van der Waals surface area contributed by atoms with Crippen LogP contribution in [0.3, 0.4) is 0 Å². The van der Waals surface area contributed by atoms with Crippen molar-refractivity contribution in [2.75, 3.05) is 31.5 Å². The van der Waals surface area contributed by atoms with Gasteiger partial charge in [-0.15, -0.1) is 0 Å². The highest BCUT2D eigenvalue weighted by molar-refractivity contribution is 6.35. The monoisotopic (exact) mass is 596 g/mol. The fourth-order valence-electron chi connectivity index (χ4n) is 6.25. The number of nitrogens with one attached hydrogen (secondary N) is 2. The predicted octanol–water partition coefficient (Wildman–Crippen LogP) is 6.64. The molecule has 2 aromatic carbocycles. The van der Waals surface area contributed by atoms with E-state index in [9.17, 15) is 4.79 Å². The molecule has 1 aliphatic heterocycles. The number of nitrogens with zero attached hydrogens (tertiary/aromatic N) is 4. The third kappa shape index (κ3) is 6.73. The van der Waals surface area contributed by atoms with E-state index in [1.165, 1.54) is 6.42 Å². The van der Waals surface area contributed by atoms with Crippen molar-refractivity contribution in [3.63, 3.8) is 0 Å². The van der Waals surface area contributed by atoms with E-state index in [4.69, 9.17) is 28.2 Å². The van der Waals surface area contributed by atoms with Crippen LogP contribution < -0.4 is 16.2 Å². The summed E-state index contributed by atoms with van der Waals surface area (Å²) in [4.78, 5) is 25.8. The molecule has 0 spiro atoms. The number of aromatic nitrogens is 2. The Labute approximate surface area is 253 Å². The van der Waals surface area contributed by atoms with E-state index in [0.29, 0.717) is 44.6 Å². The summed E-state index contributed by atoms with van der Waals surface area (Å²) in [6, 6.07) is 11.4. The van der Waals surface area contributed by atoms with Crippen molar-refractivity contribution in [2.24, 2.45) is 22.2 Å². The standard InChI is InChI=1S/C32H42Cl2N6O/c1-20-18-32(4,5)21(2)14-28(20)38-31(39-12-10-35-11-13-39)37-25-8-9-26-29(17-25)36-19-40(30(26)41)22(3)15-23-6-7-24(33)16-27(23)34/h6-9,16-17,19-22,28,35H,10-15,18H2,1-5H3,(H,37,38)/t20-,21+,22+,28?/m0/s1. The lowest BCUT2D eigenvalue weighted by molar-refractivity contribution is 0.0980. The summed E-state index contributed by atoms with van der Waals surface area (Å²) in [5, 5.41) is 8.85. The number of anilines is 1. The van der Waals surface area contributed by atoms with Crippen molar-refractivity contribution in [3.8, 4) is 0 Å². The molecule has 1 saturated carbocycles. The highest BCUT2D eigenvalue weighted by atomic mass is 35.5. The van der Waals surface area contributed by atoms with E-state index < -0.39 is 0 Å². The van der Waals surface area contributed by atoms with E-state index >= 15 is 0 Å². The Morgan fingerprint density at radius 3 is 2.66 bits per heavy atom. The molecule has 2 aliphatic rings. The molecule has 0 bridgehead atoms. The van der Waals surface area contributed by atoms with Gasteiger partial charge in [-0.3, -0.25) is 9.36 Å². The molecule has 5 rings (SSSR count). The zero-order chi connectivity index (χ0) is 29.3. The van der Waals surface area contributed by atoms with E-state index in [-0.39, 0.29) is 17.6 Å². The zero-order valence-corrected chi connectivity index (χ0v) is 26.3. The van der Waals surface area contributed by atoms with E-state index in [0.717, 1.165) is 49.8 Å². The molecule has 7 nitrogen and oxygen atoms in total. The predicted molar refractivity (Wildman–Crippen MR) is 172 cm³/mol. The minimum Gasteiger partial charge on any atom is -0.340 e. The zero-order valence-electron chi connectivity index (χ0n) is 24.8. The van der Waals surface area contributed by atoms with Crippen LogP contribution in [0.2, 0.25) is 10.0 Å². The number of hydrogen-bond acceptors (Lipinski definition) is 4. The van der Waals surface area contributed by atoms with E-state index in [2.05, 4.69) is 48.2 Å². The van der Waals surface area contributed by atoms with Crippen LogP contribution in [-0.4, -0.2) is 52.6 Å². The molecule has 1 aliphatic carbocycles. The SMILES string of the molecule is C[C@H](Cc1ccc(Cl)cc1Cl)n1cnc2cc(NC(=NC3C[C@@H](C)C(C)(C)C[C@@H]3C)N3CCNCC3)ccc2c1=O. The van der Waals surface area contributed by atoms with Crippen LogP contribution in [0.25, 0.3) is 10.9 Å². The molecule has 41 heavy (non-hydrogen) atoms.